The fraction of sp³-hybridized carbons (Fsp3) is 0.440. The van der Waals surface area contributed by atoms with Crippen molar-refractivity contribution in [1.29, 1.82) is 0 Å². The summed E-state index contributed by atoms with van der Waals surface area (Å²) in [6.07, 6.45) is 6.06. The highest BCUT2D eigenvalue weighted by molar-refractivity contribution is 6.30. The normalized spacial score (nSPS) is 15.3. The van der Waals surface area contributed by atoms with Crippen molar-refractivity contribution in [3.63, 3.8) is 0 Å². The molecule has 3 rings (SSSR count). The Hall–Kier alpha value is -2.40. The van der Waals surface area contributed by atoms with Crippen LogP contribution in [0, 0.1) is 5.82 Å². The van der Waals surface area contributed by atoms with Crippen LogP contribution in [0.25, 0.3) is 0 Å². The van der Waals surface area contributed by atoms with Gasteiger partial charge in [-0.15, -0.1) is 0 Å². The summed E-state index contributed by atoms with van der Waals surface area (Å²) in [4.78, 5) is 28.1. The zero-order valence-corrected chi connectivity index (χ0v) is 18.7. The van der Waals surface area contributed by atoms with Gasteiger partial charge >= 0.3 is 0 Å². The third-order valence-corrected chi connectivity index (χ3v) is 6.08. The molecule has 1 atom stereocenters. The maximum Gasteiger partial charge on any atom is 0.243 e. The molecule has 0 heterocycles. The van der Waals surface area contributed by atoms with Gasteiger partial charge in [0, 0.05) is 17.6 Å². The molecule has 0 spiro atoms. The first kappa shape index (κ1) is 23.3. The van der Waals surface area contributed by atoms with E-state index < -0.39 is 6.04 Å². The van der Waals surface area contributed by atoms with E-state index in [0.717, 1.165) is 36.8 Å². The predicted molar refractivity (Wildman–Crippen MR) is 121 cm³/mol. The molecule has 1 fully saturated rings. The number of hydrogen-bond donors (Lipinski definition) is 1. The summed E-state index contributed by atoms with van der Waals surface area (Å²) in [6, 6.07) is 12.8. The summed E-state index contributed by atoms with van der Waals surface area (Å²) in [5.41, 5.74) is 1.58. The van der Waals surface area contributed by atoms with Crippen LogP contribution in [0.5, 0.6) is 0 Å². The molecule has 0 bridgehead atoms. The lowest BCUT2D eigenvalue weighted by molar-refractivity contribution is -0.141. The number of hydrogen-bond acceptors (Lipinski definition) is 2. The van der Waals surface area contributed by atoms with Crippen LogP contribution in [0.3, 0.4) is 0 Å². The monoisotopic (exact) mass is 444 g/mol. The number of halogens is 2. The van der Waals surface area contributed by atoms with E-state index in [1.807, 2.05) is 19.1 Å². The van der Waals surface area contributed by atoms with Gasteiger partial charge in [0.25, 0.3) is 0 Å². The van der Waals surface area contributed by atoms with Crippen LogP contribution in [0.4, 0.5) is 4.39 Å². The van der Waals surface area contributed by atoms with Crippen LogP contribution in [0.2, 0.25) is 5.02 Å². The molecule has 0 aliphatic heterocycles. The third kappa shape index (κ3) is 6.79. The largest absolute Gasteiger partial charge is 0.352 e. The molecule has 31 heavy (non-hydrogen) atoms. The van der Waals surface area contributed by atoms with E-state index in [9.17, 15) is 14.0 Å². The molecule has 1 N–H and O–H groups in total. The minimum atomic E-state index is -0.585. The standard InChI is InChI=1S/C25H30ClFN2O2/c1-2-23(25(31)28-22-9-4-3-5-10-22)29(17-18-11-13-21(27)14-12-18)24(30)16-19-7-6-8-20(26)15-19/h6-8,11-15,22-23H,2-5,9-10,16-17H2,1H3,(H,28,31)/t23-/m1/s1. The van der Waals surface area contributed by atoms with Crippen molar-refractivity contribution in [2.45, 2.75) is 70.5 Å². The Morgan fingerprint density at radius 1 is 1.10 bits per heavy atom. The molecule has 2 aromatic carbocycles. The number of benzene rings is 2. The minimum absolute atomic E-state index is 0.115. The van der Waals surface area contributed by atoms with E-state index in [0.29, 0.717) is 11.4 Å². The smallest absolute Gasteiger partial charge is 0.243 e. The van der Waals surface area contributed by atoms with Crippen molar-refractivity contribution in [1.82, 2.24) is 10.2 Å². The summed E-state index contributed by atoms with van der Waals surface area (Å²) < 4.78 is 13.4. The Morgan fingerprint density at radius 2 is 1.81 bits per heavy atom. The van der Waals surface area contributed by atoms with Crippen molar-refractivity contribution in [2.24, 2.45) is 0 Å². The highest BCUT2D eigenvalue weighted by atomic mass is 35.5. The Labute approximate surface area is 188 Å². The van der Waals surface area contributed by atoms with E-state index in [2.05, 4.69) is 5.32 Å². The first-order chi connectivity index (χ1) is 15.0. The van der Waals surface area contributed by atoms with Crippen LogP contribution in [-0.2, 0) is 22.6 Å². The maximum atomic E-state index is 13.4. The summed E-state index contributed by atoms with van der Waals surface area (Å²) >= 11 is 6.08. The molecular formula is C25H30ClFN2O2. The molecule has 0 unspecified atom stereocenters. The molecule has 2 amide bonds. The van der Waals surface area contributed by atoms with Gasteiger partial charge in [0.05, 0.1) is 6.42 Å². The zero-order valence-electron chi connectivity index (χ0n) is 17.9. The van der Waals surface area contributed by atoms with Gasteiger partial charge < -0.3 is 10.2 Å². The number of amides is 2. The SMILES string of the molecule is CC[C@H](C(=O)NC1CCCCC1)N(Cc1ccc(F)cc1)C(=O)Cc1cccc(Cl)c1. The molecule has 2 aromatic rings. The van der Waals surface area contributed by atoms with E-state index in [1.54, 1.807) is 29.2 Å². The Balaban J connectivity index is 1.80. The Kier molecular flexibility index (Phi) is 8.47. The average Bonchev–Trinajstić information content (AvgIpc) is 2.75. The lowest BCUT2D eigenvalue weighted by atomic mass is 9.95. The van der Waals surface area contributed by atoms with Gasteiger partial charge in [0.2, 0.25) is 11.8 Å². The molecule has 4 nitrogen and oxygen atoms in total. The summed E-state index contributed by atoms with van der Waals surface area (Å²) in [6.45, 7) is 2.16. The topological polar surface area (TPSA) is 49.4 Å². The molecule has 166 valence electrons. The van der Waals surface area contributed by atoms with Crippen molar-refractivity contribution >= 4 is 23.4 Å². The molecule has 1 saturated carbocycles. The molecule has 1 aliphatic carbocycles. The number of nitrogens with zero attached hydrogens (tertiary/aromatic N) is 1. The second-order valence-electron chi connectivity index (χ2n) is 8.22. The van der Waals surface area contributed by atoms with Gasteiger partial charge in [0.15, 0.2) is 0 Å². The van der Waals surface area contributed by atoms with E-state index in [1.165, 1.54) is 18.6 Å². The van der Waals surface area contributed by atoms with Gasteiger partial charge in [-0.05, 0) is 54.7 Å². The number of nitrogens with one attached hydrogen (secondary N) is 1. The first-order valence-corrected chi connectivity index (χ1v) is 11.4. The van der Waals surface area contributed by atoms with Crippen molar-refractivity contribution in [3.05, 3.63) is 70.5 Å². The van der Waals surface area contributed by atoms with Gasteiger partial charge in [-0.1, -0.05) is 62.1 Å². The summed E-state index contributed by atoms with van der Waals surface area (Å²) in [5, 5.41) is 3.73. The molecule has 0 aromatic heterocycles. The van der Waals surface area contributed by atoms with Crippen LogP contribution in [0.1, 0.15) is 56.6 Å². The molecule has 6 heteroatoms. The van der Waals surface area contributed by atoms with Crippen LogP contribution in [-0.4, -0.2) is 28.8 Å². The summed E-state index contributed by atoms with van der Waals surface area (Å²) in [7, 11) is 0. The van der Waals surface area contributed by atoms with Crippen molar-refractivity contribution in [3.8, 4) is 0 Å². The number of carbonyl (C=O) groups excluding carboxylic acids is 2. The molecular weight excluding hydrogens is 415 g/mol. The number of carbonyl (C=O) groups is 2. The minimum Gasteiger partial charge on any atom is -0.352 e. The van der Waals surface area contributed by atoms with E-state index in [4.69, 9.17) is 11.6 Å². The van der Waals surface area contributed by atoms with Gasteiger partial charge in [-0.25, -0.2) is 4.39 Å². The lowest BCUT2D eigenvalue weighted by Gasteiger charge is -2.33. The number of rotatable bonds is 8. The van der Waals surface area contributed by atoms with Gasteiger partial charge in [-0.2, -0.15) is 0 Å². The van der Waals surface area contributed by atoms with Crippen LogP contribution < -0.4 is 5.32 Å². The molecule has 0 radical (unpaired) electrons. The lowest BCUT2D eigenvalue weighted by Crippen LogP contribution is -2.51. The Bertz CT molecular complexity index is 881. The highest BCUT2D eigenvalue weighted by Gasteiger charge is 2.30. The van der Waals surface area contributed by atoms with Gasteiger partial charge in [-0.3, -0.25) is 9.59 Å². The van der Waals surface area contributed by atoms with Gasteiger partial charge in [0.1, 0.15) is 11.9 Å². The fourth-order valence-electron chi connectivity index (χ4n) is 4.17. The summed E-state index contributed by atoms with van der Waals surface area (Å²) in [5.74, 6) is -0.601. The highest BCUT2D eigenvalue weighted by Crippen LogP contribution is 2.20. The van der Waals surface area contributed by atoms with E-state index in [-0.39, 0.29) is 36.6 Å². The second kappa shape index (κ2) is 11.3. The molecule has 1 aliphatic rings. The predicted octanol–water partition coefficient (Wildman–Crippen LogP) is 5.28. The average molecular weight is 445 g/mol. The van der Waals surface area contributed by atoms with E-state index >= 15 is 0 Å². The second-order valence-corrected chi connectivity index (χ2v) is 8.66. The first-order valence-electron chi connectivity index (χ1n) is 11.0. The quantitative estimate of drug-likeness (QED) is 0.602. The zero-order chi connectivity index (χ0) is 22.2. The molecule has 0 saturated heterocycles. The maximum absolute atomic E-state index is 13.4. The Morgan fingerprint density at radius 3 is 2.45 bits per heavy atom. The van der Waals surface area contributed by atoms with Crippen LogP contribution in [0.15, 0.2) is 48.5 Å². The van der Waals surface area contributed by atoms with Crippen molar-refractivity contribution in [2.75, 3.05) is 0 Å². The fourth-order valence-corrected chi connectivity index (χ4v) is 4.39. The third-order valence-electron chi connectivity index (χ3n) is 5.85. The van der Waals surface area contributed by atoms with Crippen molar-refractivity contribution < 1.29 is 14.0 Å². The van der Waals surface area contributed by atoms with Crippen LogP contribution >= 0.6 is 11.6 Å².